The Kier molecular flexibility index (Phi) is 5.74. The molecule has 3 aromatic rings. The van der Waals surface area contributed by atoms with Gasteiger partial charge in [-0.25, -0.2) is 4.68 Å². The third-order valence-corrected chi connectivity index (χ3v) is 5.43. The molecule has 1 atom stereocenters. The highest BCUT2D eigenvalue weighted by atomic mass is 32.2. The molecule has 2 heterocycles. The Balaban J connectivity index is 1.58. The number of nitrogens with two attached hydrogens (primary N) is 1. The van der Waals surface area contributed by atoms with Crippen LogP contribution < -0.4 is 15.8 Å². The van der Waals surface area contributed by atoms with E-state index in [0.717, 1.165) is 17.0 Å². The summed E-state index contributed by atoms with van der Waals surface area (Å²) in [6.45, 7) is 1.92. The SMILES string of the molecule is COc1cccc(-n2cc(C(C)NC(=O)CSc3nnc(N)s3)cn2)c1. The summed E-state index contributed by atoms with van der Waals surface area (Å²) in [5, 5.41) is 15.3. The molecule has 136 valence electrons. The maximum Gasteiger partial charge on any atom is 0.230 e. The zero-order valence-electron chi connectivity index (χ0n) is 14.2. The van der Waals surface area contributed by atoms with Crippen LogP contribution in [0.4, 0.5) is 5.13 Å². The van der Waals surface area contributed by atoms with Crippen molar-refractivity contribution in [1.29, 1.82) is 0 Å². The van der Waals surface area contributed by atoms with Gasteiger partial charge in [0.25, 0.3) is 0 Å². The van der Waals surface area contributed by atoms with Crippen LogP contribution >= 0.6 is 23.1 Å². The highest BCUT2D eigenvalue weighted by Crippen LogP contribution is 2.23. The molecule has 0 aliphatic carbocycles. The molecule has 2 aromatic heterocycles. The standard InChI is InChI=1S/C16H18N6O2S2/c1-10(19-14(23)9-25-16-21-20-15(17)26-16)11-7-18-22(8-11)12-4-3-5-13(6-12)24-2/h3-8,10H,9H2,1-2H3,(H2,17,20)(H,19,23). The van der Waals surface area contributed by atoms with Crippen molar-refractivity contribution in [2.75, 3.05) is 18.6 Å². The zero-order chi connectivity index (χ0) is 18.5. The molecule has 8 nitrogen and oxygen atoms in total. The van der Waals surface area contributed by atoms with Gasteiger partial charge in [0.05, 0.1) is 30.8 Å². The Bertz CT molecular complexity index is 894. The van der Waals surface area contributed by atoms with Crippen LogP contribution in [0, 0.1) is 0 Å². The molecule has 3 rings (SSSR count). The number of methoxy groups -OCH3 is 1. The Morgan fingerprint density at radius 1 is 1.46 bits per heavy atom. The molecule has 0 aliphatic rings. The third-order valence-electron chi connectivity index (χ3n) is 3.55. The van der Waals surface area contributed by atoms with Gasteiger partial charge >= 0.3 is 0 Å². The van der Waals surface area contributed by atoms with Crippen molar-refractivity contribution >= 4 is 34.1 Å². The number of anilines is 1. The normalized spacial score (nSPS) is 11.9. The van der Waals surface area contributed by atoms with Crippen LogP contribution in [-0.4, -0.2) is 38.7 Å². The Morgan fingerprint density at radius 3 is 3.04 bits per heavy atom. The van der Waals surface area contributed by atoms with Crippen molar-refractivity contribution in [3.05, 3.63) is 42.2 Å². The molecule has 10 heteroatoms. The number of hydrogen-bond acceptors (Lipinski definition) is 8. The van der Waals surface area contributed by atoms with Gasteiger partial charge in [0, 0.05) is 17.8 Å². The number of nitrogens with one attached hydrogen (secondary N) is 1. The van der Waals surface area contributed by atoms with Crippen LogP contribution in [0.1, 0.15) is 18.5 Å². The first-order valence-electron chi connectivity index (χ1n) is 7.75. The second-order valence-corrected chi connectivity index (χ2v) is 7.64. The minimum Gasteiger partial charge on any atom is -0.497 e. The van der Waals surface area contributed by atoms with Gasteiger partial charge in [0.2, 0.25) is 11.0 Å². The number of benzene rings is 1. The third kappa shape index (κ3) is 4.52. The Morgan fingerprint density at radius 2 is 2.31 bits per heavy atom. The highest BCUT2D eigenvalue weighted by molar-refractivity contribution is 8.01. The van der Waals surface area contributed by atoms with Gasteiger partial charge in [-0.15, -0.1) is 10.2 Å². The molecule has 0 saturated carbocycles. The number of thioether (sulfide) groups is 1. The van der Waals surface area contributed by atoms with E-state index in [-0.39, 0.29) is 17.7 Å². The summed E-state index contributed by atoms with van der Waals surface area (Å²) in [6.07, 6.45) is 3.63. The fourth-order valence-electron chi connectivity index (χ4n) is 2.23. The maximum absolute atomic E-state index is 12.1. The van der Waals surface area contributed by atoms with Crippen LogP contribution in [0.5, 0.6) is 5.75 Å². The lowest BCUT2D eigenvalue weighted by Crippen LogP contribution is -2.27. The van der Waals surface area contributed by atoms with Gasteiger partial charge < -0.3 is 15.8 Å². The molecule has 1 unspecified atom stereocenters. The van der Waals surface area contributed by atoms with Crippen molar-refractivity contribution in [2.45, 2.75) is 17.3 Å². The van der Waals surface area contributed by atoms with Gasteiger partial charge in [0.15, 0.2) is 4.34 Å². The summed E-state index contributed by atoms with van der Waals surface area (Å²) in [7, 11) is 1.62. The predicted octanol–water partition coefficient (Wildman–Crippen LogP) is 2.28. The Hall–Kier alpha value is -2.59. The van der Waals surface area contributed by atoms with Crippen LogP contribution in [0.25, 0.3) is 5.69 Å². The van der Waals surface area contributed by atoms with Gasteiger partial charge in [-0.05, 0) is 19.1 Å². The summed E-state index contributed by atoms with van der Waals surface area (Å²) < 4.78 is 7.66. The highest BCUT2D eigenvalue weighted by Gasteiger charge is 2.13. The summed E-state index contributed by atoms with van der Waals surface area (Å²) >= 11 is 2.57. The van der Waals surface area contributed by atoms with Crippen LogP contribution in [-0.2, 0) is 4.79 Å². The van der Waals surface area contributed by atoms with Crippen molar-refractivity contribution in [2.24, 2.45) is 0 Å². The molecule has 0 radical (unpaired) electrons. The van der Waals surface area contributed by atoms with Crippen molar-refractivity contribution in [3.63, 3.8) is 0 Å². The molecule has 3 N–H and O–H groups in total. The fourth-order valence-corrected chi connectivity index (χ4v) is 3.67. The van der Waals surface area contributed by atoms with E-state index in [4.69, 9.17) is 10.5 Å². The molecule has 0 bridgehead atoms. The Labute approximate surface area is 158 Å². The number of nitrogens with zero attached hydrogens (tertiary/aromatic N) is 4. The lowest BCUT2D eigenvalue weighted by Gasteiger charge is -2.11. The predicted molar refractivity (Wildman–Crippen MR) is 102 cm³/mol. The molecular formula is C16H18N6O2S2. The number of hydrogen-bond donors (Lipinski definition) is 2. The lowest BCUT2D eigenvalue weighted by atomic mass is 10.2. The van der Waals surface area contributed by atoms with Crippen molar-refractivity contribution in [1.82, 2.24) is 25.3 Å². The van der Waals surface area contributed by atoms with Crippen LogP contribution in [0.2, 0.25) is 0 Å². The first-order valence-corrected chi connectivity index (χ1v) is 9.55. The van der Waals surface area contributed by atoms with Crippen molar-refractivity contribution in [3.8, 4) is 11.4 Å². The second-order valence-electron chi connectivity index (χ2n) is 5.40. The number of ether oxygens (including phenoxy) is 1. The molecule has 26 heavy (non-hydrogen) atoms. The largest absolute Gasteiger partial charge is 0.497 e. The zero-order valence-corrected chi connectivity index (χ0v) is 15.9. The molecule has 1 aromatic carbocycles. The van der Waals surface area contributed by atoms with Gasteiger partial charge in [0.1, 0.15) is 5.75 Å². The monoisotopic (exact) mass is 390 g/mol. The number of carbonyl (C=O) groups excluding carboxylic acids is 1. The lowest BCUT2D eigenvalue weighted by molar-refractivity contribution is -0.119. The van der Waals surface area contributed by atoms with Gasteiger partial charge in [-0.3, -0.25) is 4.79 Å². The smallest absolute Gasteiger partial charge is 0.230 e. The van der Waals surface area contributed by atoms with E-state index < -0.39 is 0 Å². The summed E-state index contributed by atoms with van der Waals surface area (Å²) in [5.41, 5.74) is 7.32. The van der Waals surface area contributed by atoms with E-state index in [2.05, 4.69) is 20.6 Å². The molecule has 0 aliphatic heterocycles. The first kappa shape index (κ1) is 18.2. The summed E-state index contributed by atoms with van der Waals surface area (Å²) in [4.78, 5) is 12.1. The van der Waals surface area contributed by atoms with Crippen molar-refractivity contribution < 1.29 is 9.53 Å². The van der Waals surface area contributed by atoms with E-state index >= 15 is 0 Å². The van der Waals surface area contributed by atoms with Gasteiger partial charge in [-0.2, -0.15) is 5.10 Å². The van der Waals surface area contributed by atoms with E-state index in [0.29, 0.717) is 9.47 Å². The number of amides is 1. The van der Waals surface area contributed by atoms with E-state index in [1.54, 1.807) is 18.0 Å². The molecule has 0 spiro atoms. The fraction of sp³-hybridized carbons (Fsp3) is 0.250. The number of nitrogen functional groups attached to an aromatic ring is 1. The summed E-state index contributed by atoms with van der Waals surface area (Å²) in [6, 6.07) is 7.44. The number of rotatable bonds is 7. The summed E-state index contributed by atoms with van der Waals surface area (Å²) in [5.74, 6) is 0.920. The maximum atomic E-state index is 12.1. The first-order chi connectivity index (χ1) is 12.5. The molecule has 1 amide bonds. The van der Waals surface area contributed by atoms with E-state index in [9.17, 15) is 4.79 Å². The van der Waals surface area contributed by atoms with Crippen LogP contribution in [0.15, 0.2) is 41.0 Å². The topological polar surface area (TPSA) is 108 Å². The van der Waals surface area contributed by atoms with Crippen LogP contribution in [0.3, 0.4) is 0 Å². The minimum absolute atomic E-state index is 0.0922. The molecule has 0 fully saturated rings. The van der Waals surface area contributed by atoms with Gasteiger partial charge in [-0.1, -0.05) is 29.2 Å². The second kappa shape index (κ2) is 8.19. The quantitative estimate of drug-likeness (QED) is 0.596. The number of aromatic nitrogens is 4. The average Bonchev–Trinajstić information content (AvgIpc) is 3.29. The number of carbonyl (C=O) groups is 1. The minimum atomic E-state index is -0.165. The van der Waals surface area contributed by atoms with E-state index in [1.165, 1.54) is 23.1 Å². The van der Waals surface area contributed by atoms with E-state index in [1.807, 2.05) is 37.4 Å². The molecule has 0 saturated heterocycles. The average molecular weight is 390 g/mol. The molecular weight excluding hydrogens is 372 g/mol.